The lowest BCUT2D eigenvalue weighted by Crippen LogP contribution is -2.22. The highest BCUT2D eigenvalue weighted by Crippen LogP contribution is 2.27. The maximum absolute atomic E-state index is 13.1. The van der Waals surface area contributed by atoms with E-state index in [-0.39, 0.29) is 10.9 Å². The lowest BCUT2D eigenvalue weighted by Gasteiger charge is -2.12. The first-order valence-electron chi connectivity index (χ1n) is 6.61. The van der Waals surface area contributed by atoms with Crippen molar-refractivity contribution >= 4 is 46.1 Å². The Morgan fingerprint density at radius 2 is 2.22 bits per heavy atom. The van der Waals surface area contributed by atoms with Crippen molar-refractivity contribution in [1.29, 1.82) is 0 Å². The number of imidazole rings is 1. The molecule has 9 heteroatoms. The zero-order valence-electron chi connectivity index (χ0n) is 11.9. The first-order chi connectivity index (χ1) is 11.0. The summed E-state index contributed by atoms with van der Waals surface area (Å²) in [5, 5.41) is 2.85. The Morgan fingerprint density at radius 3 is 3.00 bits per heavy atom. The summed E-state index contributed by atoms with van der Waals surface area (Å²) in [5.74, 6) is -0.779. The first-order valence-corrected chi connectivity index (χ1v) is 7.87. The van der Waals surface area contributed by atoms with Crippen LogP contribution in [0.4, 0.5) is 10.1 Å². The molecule has 0 fully saturated rings. The van der Waals surface area contributed by atoms with Gasteiger partial charge < -0.3 is 10.3 Å². The predicted molar refractivity (Wildman–Crippen MR) is 87.0 cm³/mol. The van der Waals surface area contributed by atoms with E-state index < -0.39 is 11.1 Å². The van der Waals surface area contributed by atoms with Gasteiger partial charge in [0.2, 0.25) is 5.91 Å². The Balaban J connectivity index is 1.72. The number of amides is 1. The molecule has 118 valence electrons. The van der Waals surface area contributed by atoms with Gasteiger partial charge in [-0.2, -0.15) is 0 Å². The van der Waals surface area contributed by atoms with Crippen LogP contribution in [0.15, 0.2) is 35.9 Å². The first kappa shape index (κ1) is 15.7. The number of rotatable bonds is 4. The number of H-pyrrole nitrogens is 1. The van der Waals surface area contributed by atoms with Gasteiger partial charge >= 0.3 is 0 Å². The SMILES string of the molecule is C[C@@H](Sc1ncnc2nc[nH]c12)C(=O)Nc1ccc(F)c(Cl)c1. The van der Waals surface area contributed by atoms with E-state index in [2.05, 4.69) is 25.3 Å². The standard InChI is InChI=1S/C14H11ClFN5OS/c1-7(13(22)21-8-2-3-10(16)9(15)4-8)23-14-11-12(18-5-17-11)19-6-20-14/h2-7H,1H3,(H,21,22)(H,17,18,19,20)/t7-/m1/s1. The molecule has 23 heavy (non-hydrogen) atoms. The molecule has 2 heterocycles. The highest BCUT2D eigenvalue weighted by Gasteiger charge is 2.18. The van der Waals surface area contributed by atoms with Crippen molar-refractivity contribution in [3.05, 3.63) is 41.7 Å². The molecular formula is C14H11ClFN5OS. The number of halogens is 2. The molecule has 0 bridgehead atoms. The Labute approximate surface area is 139 Å². The minimum absolute atomic E-state index is 0.0434. The van der Waals surface area contributed by atoms with E-state index in [0.29, 0.717) is 21.9 Å². The fourth-order valence-electron chi connectivity index (χ4n) is 1.87. The number of hydrogen-bond donors (Lipinski definition) is 2. The van der Waals surface area contributed by atoms with Crippen LogP contribution in [0, 0.1) is 5.82 Å². The number of anilines is 1. The van der Waals surface area contributed by atoms with Crippen molar-refractivity contribution in [1.82, 2.24) is 19.9 Å². The van der Waals surface area contributed by atoms with Crippen LogP contribution in [0.5, 0.6) is 0 Å². The van der Waals surface area contributed by atoms with Crippen molar-refractivity contribution in [2.75, 3.05) is 5.32 Å². The summed E-state index contributed by atoms with van der Waals surface area (Å²) in [7, 11) is 0. The van der Waals surface area contributed by atoms with Gasteiger partial charge in [-0.3, -0.25) is 4.79 Å². The Morgan fingerprint density at radius 1 is 1.39 bits per heavy atom. The Hall–Kier alpha value is -2.19. The topological polar surface area (TPSA) is 83.6 Å². The summed E-state index contributed by atoms with van der Waals surface area (Å²) in [6.07, 6.45) is 2.92. The quantitative estimate of drug-likeness (QED) is 0.556. The summed E-state index contributed by atoms with van der Waals surface area (Å²) < 4.78 is 13.1. The number of thioether (sulfide) groups is 1. The lowest BCUT2D eigenvalue weighted by atomic mass is 10.3. The normalized spacial score (nSPS) is 12.3. The second-order valence-electron chi connectivity index (χ2n) is 4.66. The molecule has 6 nitrogen and oxygen atoms in total. The maximum Gasteiger partial charge on any atom is 0.237 e. The third-order valence-electron chi connectivity index (χ3n) is 3.03. The van der Waals surface area contributed by atoms with Crippen LogP contribution in [0.1, 0.15) is 6.92 Å². The van der Waals surface area contributed by atoms with Crippen LogP contribution in [-0.4, -0.2) is 31.1 Å². The number of hydrogen-bond acceptors (Lipinski definition) is 5. The number of nitrogens with one attached hydrogen (secondary N) is 2. The zero-order valence-corrected chi connectivity index (χ0v) is 13.5. The monoisotopic (exact) mass is 351 g/mol. The number of aromatic nitrogens is 4. The van der Waals surface area contributed by atoms with E-state index in [1.807, 2.05) is 0 Å². The third kappa shape index (κ3) is 3.43. The zero-order chi connectivity index (χ0) is 16.4. The molecule has 0 radical (unpaired) electrons. The average Bonchev–Trinajstić information content (AvgIpc) is 3.00. The van der Waals surface area contributed by atoms with Crippen molar-refractivity contribution in [3.63, 3.8) is 0 Å². The summed E-state index contributed by atoms with van der Waals surface area (Å²) >= 11 is 6.97. The molecule has 0 saturated carbocycles. The summed E-state index contributed by atoms with van der Waals surface area (Å²) in [5.41, 5.74) is 1.66. The maximum atomic E-state index is 13.1. The lowest BCUT2D eigenvalue weighted by molar-refractivity contribution is -0.115. The van der Waals surface area contributed by atoms with E-state index in [4.69, 9.17) is 11.6 Å². The fourth-order valence-corrected chi connectivity index (χ4v) is 2.93. The van der Waals surface area contributed by atoms with Crippen molar-refractivity contribution < 1.29 is 9.18 Å². The van der Waals surface area contributed by atoms with Crippen LogP contribution >= 0.6 is 23.4 Å². The highest BCUT2D eigenvalue weighted by atomic mass is 35.5. The Bertz CT molecular complexity index is 871. The molecule has 0 aliphatic heterocycles. The van der Waals surface area contributed by atoms with Crippen molar-refractivity contribution in [3.8, 4) is 0 Å². The predicted octanol–water partition coefficient (Wildman–Crippen LogP) is 3.26. The molecular weight excluding hydrogens is 341 g/mol. The molecule has 2 N–H and O–H groups in total. The molecule has 0 saturated heterocycles. The average molecular weight is 352 g/mol. The minimum Gasteiger partial charge on any atom is -0.341 e. The molecule has 3 rings (SSSR count). The minimum atomic E-state index is -0.533. The van der Waals surface area contributed by atoms with Gasteiger partial charge in [0.25, 0.3) is 0 Å². The fraction of sp³-hybridized carbons (Fsp3) is 0.143. The van der Waals surface area contributed by atoms with E-state index in [1.165, 1.54) is 42.6 Å². The number of aromatic amines is 1. The molecule has 1 aromatic carbocycles. The second kappa shape index (κ2) is 6.51. The van der Waals surface area contributed by atoms with Crippen LogP contribution in [-0.2, 0) is 4.79 Å². The molecule has 0 spiro atoms. The van der Waals surface area contributed by atoms with Gasteiger partial charge in [0.1, 0.15) is 22.7 Å². The molecule has 0 aliphatic carbocycles. The van der Waals surface area contributed by atoms with E-state index in [9.17, 15) is 9.18 Å². The largest absolute Gasteiger partial charge is 0.341 e. The van der Waals surface area contributed by atoms with Gasteiger partial charge in [0, 0.05) is 5.69 Å². The van der Waals surface area contributed by atoms with Crippen LogP contribution in [0.2, 0.25) is 5.02 Å². The third-order valence-corrected chi connectivity index (χ3v) is 4.42. The van der Waals surface area contributed by atoms with Gasteiger partial charge in [0.05, 0.1) is 16.6 Å². The summed E-state index contributed by atoms with van der Waals surface area (Å²) in [6, 6.07) is 4.02. The molecule has 1 atom stereocenters. The smallest absolute Gasteiger partial charge is 0.237 e. The summed E-state index contributed by atoms with van der Waals surface area (Å²) in [6.45, 7) is 1.75. The van der Waals surface area contributed by atoms with Crippen molar-refractivity contribution in [2.45, 2.75) is 17.2 Å². The number of fused-ring (bicyclic) bond motifs is 1. The van der Waals surface area contributed by atoms with Gasteiger partial charge in [0.15, 0.2) is 5.65 Å². The molecule has 2 aromatic heterocycles. The molecule has 1 amide bonds. The molecule has 0 unspecified atom stereocenters. The molecule has 0 aliphatic rings. The van der Waals surface area contributed by atoms with E-state index in [0.717, 1.165) is 0 Å². The number of carbonyl (C=O) groups is 1. The van der Waals surface area contributed by atoms with E-state index >= 15 is 0 Å². The van der Waals surface area contributed by atoms with Crippen molar-refractivity contribution in [2.24, 2.45) is 0 Å². The highest BCUT2D eigenvalue weighted by molar-refractivity contribution is 8.00. The Kier molecular flexibility index (Phi) is 4.44. The second-order valence-corrected chi connectivity index (χ2v) is 6.39. The number of carbonyl (C=O) groups excluding carboxylic acids is 1. The molecule has 3 aromatic rings. The van der Waals surface area contributed by atoms with Gasteiger partial charge in [-0.05, 0) is 25.1 Å². The number of benzene rings is 1. The van der Waals surface area contributed by atoms with Crippen LogP contribution in [0.25, 0.3) is 11.2 Å². The summed E-state index contributed by atoms with van der Waals surface area (Å²) in [4.78, 5) is 27.4. The number of nitrogens with zero attached hydrogens (tertiary/aromatic N) is 3. The van der Waals surface area contributed by atoms with Gasteiger partial charge in [-0.15, -0.1) is 0 Å². The van der Waals surface area contributed by atoms with Gasteiger partial charge in [-0.1, -0.05) is 23.4 Å². The van der Waals surface area contributed by atoms with Gasteiger partial charge in [-0.25, -0.2) is 19.3 Å². The van der Waals surface area contributed by atoms with E-state index in [1.54, 1.807) is 6.92 Å². The van der Waals surface area contributed by atoms with Crippen LogP contribution < -0.4 is 5.32 Å². The van der Waals surface area contributed by atoms with Crippen LogP contribution in [0.3, 0.4) is 0 Å².